The smallest absolute Gasteiger partial charge is 0.261 e. The molecule has 106 valence electrons. The van der Waals surface area contributed by atoms with Crippen LogP contribution in [0.2, 0.25) is 0 Å². The average molecular weight is 349 g/mol. The highest BCUT2D eigenvalue weighted by molar-refractivity contribution is 9.10. The molecule has 0 aromatic heterocycles. The summed E-state index contributed by atoms with van der Waals surface area (Å²) in [6, 6.07) is 11.1. The maximum atomic E-state index is 14.0. The molecule has 0 bridgehead atoms. The van der Waals surface area contributed by atoms with E-state index in [1.54, 1.807) is 30.3 Å². The topological polar surface area (TPSA) is 49.4 Å². The summed E-state index contributed by atoms with van der Waals surface area (Å²) in [7, 11) is 0. The predicted octanol–water partition coefficient (Wildman–Crippen LogP) is 3.19. The van der Waals surface area contributed by atoms with Crippen LogP contribution in [0.4, 0.5) is 15.8 Å². The van der Waals surface area contributed by atoms with Crippen LogP contribution in [-0.4, -0.2) is 18.4 Å². The van der Waals surface area contributed by atoms with E-state index in [4.69, 9.17) is 0 Å². The molecular weight excluding hydrogens is 339 g/mol. The van der Waals surface area contributed by atoms with E-state index in [9.17, 15) is 14.0 Å². The van der Waals surface area contributed by atoms with Crippen molar-refractivity contribution in [3.8, 4) is 0 Å². The lowest BCUT2D eigenvalue weighted by molar-refractivity contribution is -0.115. The third-order valence-electron chi connectivity index (χ3n) is 3.18. The molecule has 0 unspecified atom stereocenters. The quantitative estimate of drug-likeness (QED) is 0.860. The lowest BCUT2D eigenvalue weighted by Gasteiger charge is -2.29. The largest absolute Gasteiger partial charge is 0.323 e. The average Bonchev–Trinajstić information content (AvgIpc) is 2.45. The number of carbonyl (C=O) groups is 2. The van der Waals surface area contributed by atoms with E-state index in [1.165, 1.54) is 17.0 Å². The van der Waals surface area contributed by atoms with Crippen LogP contribution in [0.25, 0.3) is 0 Å². The first kappa shape index (κ1) is 13.8. The van der Waals surface area contributed by atoms with Gasteiger partial charge in [-0.05, 0) is 30.3 Å². The van der Waals surface area contributed by atoms with Crippen molar-refractivity contribution in [2.75, 3.05) is 16.8 Å². The van der Waals surface area contributed by atoms with Gasteiger partial charge in [0.1, 0.15) is 12.4 Å². The van der Waals surface area contributed by atoms with Gasteiger partial charge in [-0.1, -0.05) is 28.1 Å². The van der Waals surface area contributed by atoms with Crippen molar-refractivity contribution in [2.45, 2.75) is 0 Å². The normalized spacial score (nSPS) is 13.6. The molecule has 21 heavy (non-hydrogen) atoms. The molecule has 1 N–H and O–H groups in total. The minimum atomic E-state index is -0.627. The zero-order chi connectivity index (χ0) is 15.0. The number of nitrogens with one attached hydrogen (secondary N) is 1. The molecule has 0 aliphatic carbocycles. The van der Waals surface area contributed by atoms with Crippen molar-refractivity contribution < 1.29 is 14.0 Å². The monoisotopic (exact) mass is 348 g/mol. The fourth-order valence-electron chi connectivity index (χ4n) is 2.22. The Bertz CT molecular complexity index is 748. The fraction of sp³-hybridized carbons (Fsp3) is 0.0667. The molecule has 2 amide bonds. The van der Waals surface area contributed by atoms with Gasteiger partial charge in [0.05, 0.1) is 16.9 Å². The minimum Gasteiger partial charge on any atom is -0.323 e. The SMILES string of the molecule is O=C1CN(C(=O)c2ccc(Br)cc2F)c2ccccc2N1. The summed E-state index contributed by atoms with van der Waals surface area (Å²) in [5.74, 6) is -1.47. The molecule has 4 nitrogen and oxygen atoms in total. The highest BCUT2D eigenvalue weighted by atomic mass is 79.9. The number of fused-ring (bicyclic) bond motifs is 1. The minimum absolute atomic E-state index is 0.0669. The van der Waals surface area contributed by atoms with Crippen molar-refractivity contribution >= 4 is 39.1 Å². The first-order chi connectivity index (χ1) is 10.1. The number of hydrogen-bond donors (Lipinski definition) is 1. The fourth-order valence-corrected chi connectivity index (χ4v) is 2.56. The molecule has 0 radical (unpaired) electrons. The molecule has 6 heteroatoms. The molecule has 3 rings (SSSR count). The van der Waals surface area contributed by atoms with Crippen molar-refractivity contribution in [3.63, 3.8) is 0 Å². The summed E-state index contributed by atoms with van der Waals surface area (Å²) in [5.41, 5.74) is 1.03. The third-order valence-corrected chi connectivity index (χ3v) is 3.67. The van der Waals surface area contributed by atoms with Gasteiger partial charge in [0, 0.05) is 4.47 Å². The number of para-hydroxylation sites is 2. The van der Waals surface area contributed by atoms with Crippen LogP contribution in [0.3, 0.4) is 0 Å². The first-order valence-electron chi connectivity index (χ1n) is 6.22. The van der Waals surface area contributed by atoms with E-state index in [1.807, 2.05) is 0 Å². The van der Waals surface area contributed by atoms with Crippen molar-refractivity contribution in [1.82, 2.24) is 0 Å². The van der Waals surface area contributed by atoms with Crippen LogP contribution in [0.15, 0.2) is 46.9 Å². The molecule has 2 aromatic rings. The van der Waals surface area contributed by atoms with Crippen LogP contribution < -0.4 is 10.2 Å². The van der Waals surface area contributed by atoms with Crippen molar-refractivity contribution in [1.29, 1.82) is 0 Å². The first-order valence-corrected chi connectivity index (χ1v) is 7.01. The summed E-state index contributed by atoms with van der Waals surface area (Å²) >= 11 is 3.15. The Kier molecular flexibility index (Phi) is 3.47. The zero-order valence-corrected chi connectivity index (χ0v) is 12.4. The zero-order valence-electron chi connectivity index (χ0n) is 10.8. The van der Waals surface area contributed by atoms with Gasteiger partial charge in [0.15, 0.2) is 0 Å². The third kappa shape index (κ3) is 2.54. The van der Waals surface area contributed by atoms with E-state index in [0.717, 1.165) is 0 Å². The number of benzene rings is 2. The van der Waals surface area contributed by atoms with Crippen LogP contribution in [-0.2, 0) is 4.79 Å². The Morgan fingerprint density at radius 2 is 2.00 bits per heavy atom. The number of amides is 2. The molecule has 0 saturated heterocycles. The molecule has 0 spiro atoms. The van der Waals surface area contributed by atoms with E-state index >= 15 is 0 Å². The summed E-state index contributed by atoms with van der Waals surface area (Å²) < 4.78 is 14.5. The Morgan fingerprint density at radius 1 is 1.24 bits per heavy atom. The molecule has 0 fully saturated rings. The van der Waals surface area contributed by atoms with Gasteiger partial charge in [-0.15, -0.1) is 0 Å². The second-order valence-electron chi connectivity index (χ2n) is 4.58. The van der Waals surface area contributed by atoms with Crippen LogP contribution >= 0.6 is 15.9 Å². The Labute approximate surface area is 128 Å². The van der Waals surface area contributed by atoms with Gasteiger partial charge < -0.3 is 5.32 Å². The van der Waals surface area contributed by atoms with Gasteiger partial charge in [-0.25, -0.2) is 4.39 Å². The maximum absolute atomic E-state index is 14.0. The summed E-state index contributed by atoms with van der Waals surface area (Å²) in [5, 5.41) is 2.69. The van der Waals surface area contributed by atoms with Gasteiger partial charge in [0.2, 0.25) is 5.91 Å². The van der Waals surface area contributed by atoms with Crippen molar-refractivity contribution in [3.05, 3.63) is 58.3 Å². The highest BCUT2D eigenvalue weighted by Crippen LogP contribution is 2.30. The van der Waals surface area contributed by atoms with Crippen LogP contribution in [0.1, 0.15) is 10.4 Å². The standard InChI is InChI=1S/C15H10BrFN2O2/c16-9-5-6-10(11(17)7-9)15(21)19-8-14(20)18-12-3-1-2-4-13(12)19/h1-7H,8H2,(H,18,20). The Morgan fingerprint density at radius 3 is 2.76 bits per heavy atom. The predicted molar refractivity (Wildman–Crippen MR) is 80.8 cm³/mol. The maximum Gasteiger partial charge on any atom is 0.261 e. The Balaban J connectivity index is 2.04. The number of anilines is 2. The van der Waals surface area contributed by atoms with E-state index < -0.39 is 11.7 Å². The number of hydrogen-bond acceptors (Lipinski definition) is 2. The van der Waals surface area contributed by atoms with E-state index in [2.05, 4.69) is 21.2 Å². The number of halogens is 2. The van der Waals surface area contributed by atoms with Crippen molar-refractivity contribution in [2.24, 2.45) is 0 Å². The van der Waals surface area contributed by atoms with Crippen LogP contribution in [0.5, 0.6) is 0 Å². The molecular formula is C15H10BrFN2O2. The van der Waals surface area contributed by atoms with Gasteiger partial charge in [-0.2, -0.15) is 0 Å². The molecule has 1 heterocycles. The summed E-state index contributed by atoms with van der Waals surface area (Å²) in [6.45, 7) is -0.134. The molecule has 0 saturated carbocycles. The van der Waals surface area contributed by atoms with Gasteiger partial charge in [0.25, 0.3) is 5.91 Å². The van der Waals surface area contributed by atoms with E-state index in [0.29, 0.717) is 15.8 Å². The second-order valence-corrected chi connectivity index (χ2v) is 5.50. The summed E-state index contributed by atoms with van der Waals surface area (Å²) in [6.07, 6.45) is 0. The molecule has 2 aromatic carbocycles. The number of nitrogens with zero attached hydrogens (tertiary/aromatic N) is 1. The van der Waals surface area contributed by atoms with Gasteiger partial charge in [-0.3, -0.25) is 14.5 Å². The lowest BCUT2D eigenvalue weighted by atomic mass is 10.1. The molecule has 1 aliphatic heterocycles. The molecule has 1 aliphatic rings. The van der Waals surface area contributed by atoms with Crippen LogP contribution in [0, 0.1) is 5.82 Å². The van der Waals surface area contributed by atoms with Gasteiger partial charge >= 0.3 is 0 Å². The molecule has 0 atom stereocenters. The number of carbonyl (C=O) groups excluding carboxylic acids is 2. The second kappa shape index (κ2) is 5.29. The summed E-state index contributed by atoms with van der Waals surface area (Å²) in [4.78, 5) is 25.5. The highest BCUT2D eigenvalue weighted by Gasteiger charge is 2.28. The Hall–Kier alpha value is -2.21. The van der Waals surface area contributed by atoms with E-state index in [-0.39, 0.29) is 18.0 Å². The number of rotatable bonds is 1. The lowest BCUT2D eigenvalue weighted by Crippen LogP contribution is -2.42.